The Kier molecular flexibility index (Phi) is 9.80. The number of rotatable bonds is 9. The van der Waals surface area contributed by atoms with Crippen LogP contribution in [0, 0.1) is 40.4 Å². The van der Waals surface area contributed by atoms with Gasteiger partial charge in [-0.2, -0.15) is 0 Å². The zero-order chi connectivity index (χ0) is 29.9. The molecule has 9 atom stereocenters. The third kappa shape index (κ3) is 5.90. The fraction of sp³-hybridized carbons (Fsp3) is 0.788. The average Bonchev–Trinajstić information content (AvgIpc) is 3.32. The molecule has 4 aliphatic carbocycles. The van der Waals surface area contributed by atoms with Gasteiger partial charge in [-0.15, -0.1) is 0 Å². The number of carbonyl (C=O) groups is 3. The molecule has 0 unspecified atom stereocenters. The maximum Gasteiger partial charge on any atom is 0.508 e. The lowest BCUT2D eigenvalue weighted by atomic mass is 9.49. The number of allylic oxidation sites excluding steroid dienone is 3. The second kappa shape index (κ2) is 12.8. The van der Waals surface area contributed by atoms with Crippen molar-refractivity contribution in [1.82, 2.24) is 0 Å². The standard InChI is InChI=1S/C33H50O8/c1-8-9-10-21(17-29(34)37-5)20(2)25-13-14-26-24-12-11-22-18-23(40-30(35)38-6)19-28(41-31(36)39-7)33(22,4)27(24)15-16-32(25,26)3/h11-12,20-21,23,25-28H,8-10,13-19H2,1-7H3/t20-,21-,23+,25+,26-,27-,28-,32+,33-/m0/s1. The molecule has 0 aromatic rings. The summed E-state index contributed by atoms with van der Waals surface area (Å²) in [6, 6.07) is 0. The maximum atomic E-state index is 12.4. The minimum Gasteiger partial charge on any atom is -0.469 e. The molecule has 0 spiro atoms. The van der Waals surface area contributed by atoms with E-state index in [1.165, 1.54) is 26.9 Å². The summed E-state index contributed by atoms with van der Waals surface area (Å²) in [5, 5.41) is 0. The van der Waals surface area contributed by atoms with E-state index in [0.29, 0.717) is 42.9 Å². The van der Waals surface area contributed by atoms with E-state index in [9.17, 15) is 14.4 Å². The Morgan fingerprint density at radius 1 is 0.951 bits per heavy atom. The Morgan fingerprint density at radius 2 is 1.66 bits per heavy atom. The number of fused-ring (bicyclic) bond motifs is 5. The Hall–Kier alpha value is -2.51. The number of hydrogen-bond donors (Lipinski definition) is 0. The van der Waals surface area contributed by atoms with E-state index in [1.807, 2.05) is 0 Å². The molecule has 230 valence electrons. The molecular weight excluding hydrogens is 524 g/mol. The Morgan fingerprint density at radius 3 is 2.32 bits per heavy atom. The molecule has 0 aromatic heterocycles. The zero-order valence-corrected chi connectivity index (χ0v) is 26.0. The van der Waals surface area contributed by atoms with Gasteiger partial charge in [0.2, 0.25) is 0 Å². The number of ether oxygens (including phenoxy) is 5. The van der Waals surface area contributed by atoms with Crippen LogP contribution >= 0.6 is 0 Å². The van der Waals surface area contributed by atoms with Crippen molar-refractivity contribution in [3.05, 3.63) is 23.3 Å². The largest absolute Gasteiger partial charge is 0.508 e. The van der Waals surface area contributed by atoms with Crippen LogP contribution < -0.4 is 0 Å². The molecule has 4 aliphatic rings. The molecule has 4 rings (SSSR count). The Bertz CT molecular complexity index is 1050. The van der Waals surface area contributed by atoms with Crippen molar-refractivity contribution < 1.29 is 38.1 Å². The third-order valence-corrected chi connectivity index (χ3v) is 11.5. The van der Waals surface area contributed by atoms with Crippen molar-refractivity contribution in [2.24, 2.45) is 40.4 Å². The summed E-state index contributed by atoms with van der Waals surface area (Å²) < 4.78 is 26.2. The van der Waals surface area contributed by atoms with Crippen molar-refractivity contribution in [2.75, 3.05) is 21.3 Å². The topological polar surface area (TPSA) is 97.4 Å². The van der Waals surface area contributed by atoms with Gasteiger partial charge in [-0.25, -0.2) is 9.59 Å². The number of carbonyl (C=O) groups excluding carboxylic acids is 3. The molecule has 0 saturated heterocycles. The molecule has 0 amide bonds. The first-order chi connectivity index (χ1) is 19.5. The van der Waals surface area contributed by atoms with Gasteiger partial charge in [-0.05, 0) is 67.1 Å². The van der Waals surface area contributed by atoms with Crippen LogP contribution in [0.1, 0.15) is 91.9 Å². The zero-order valence-electron chi connectivity index (χ0n) is 26.0. The number of unbranched alkanes of at least 4 members (excludes halogenated alkanes) is 1. The quantitative estimate of drug-likeness (QED) is 0.207. The van der Waals surface area contributed by atoms with Gasteiger partial charge >= 0.3 is 18.3 Å². The van der Waals surface area contributed by atoms with E-state index >= 15 is 0 Å². The fourth-order valence-electron chi connectivity index (χ4n) is 9.16. The number of methoxy groups -OCH3 is 3. The second-order valence-corrected chi connectivity index (χ2v) is 13.2. The molecule has 0 N–H and O–H groups in total. The summed E-state index contributed by atoms with van der Waals surface area (Å²) in [4.78, 5) is 36.6. The van der Waals surface area contributed by atoms with Crippen molar-refractivity contribution >= 4 is 18.3 Å². The van der Waals surface area contributed by atoms with Gasteiger partial charge < -0.3 is 23.7 Å². The number of hydrogen-bond acceptors (Lipinski definition) is 8. The first-order valence-corrected chi connectivity index (χ1v) is 15.5. The van der Waals surface area contributed by atoms with Crippen molar-refractivity contribution in [3.8, 4) is 0 Å². The van der Waals surface area contributed by atoms with E-state index in [1.54, 1.807) is 0 Å². The normalized spacial score (nSPS) is 35.3. The highest BCUT2D eigenvalue weighted by atomic mass is 16.7. The molecule has 3 saturated carbocycles. The summed E-state index contributed by atoms with van der Waals surface area (Å²) in [6.07, 6.45) is 11.3. The molecule has 0 aromatic carbocycles. The maximum absolute atomic E-state index is 12.4. The molecule has 8 nitrogen and oxygen atoms in total. The summed E-state index contributed by atoms with van der Waals surface area (Å²) in [7, 11) is 4.10. The molecule has 0 heterocycles. The molecule has 0 aliphatic heterocycles. The average molecular weight is 575 g/mol. The molecular formula is C33H50O8. The SMILES string of the molecule is CCCC[C@@H](CC(=O)OC)[C@H](C)[C@H]1CC[C@H]2C3=CC=C4C[C@@H](OC(=O)OC)C[C@H](OC(=O)OC)[C@]4(C)[C@H]3CC[C@]12C. The predicted octanol–water partition coefficient (Wildman–Crippen LogP) is 7.40. The van der Waals surface area contributed by atoms with Crippen LogP contribution in [0.5, 0.6) is 0 Å². The molecule has 41 heavy (non-hydrogen) atoms. The summed E-state index contributed by atoms with van der Waals surface area (Å²) in [5.74, 6) is 1.86. The molecule has 0 bridgehead atoms. The van der Waals surface area contributed by atoms with Crippen LogP contribution in [0.3, 0.4) is 0 Å². The van der Waals surface area contributed by atoms with Crippen LogP contribution in [0.4, 0.5) is 9.59 Å². The van der Waals surface area contributed by atoms with E-state index in [2.05, 4.69) is 39.8 Å². The molecule has 0 radical (unpaired) electrons. The first kappa shape index (κ1) is 31.4. The van der Waals surface area contributed by atoms with Crippen molar-refractivity contribution in [1.29, 1.82) is 0 Å². The Labute approximate surface area is 245 Å². The van der Waals surface area contributed by atoms with E-state index in [-0.39, 0.29) is 17.3 Å². The van der Waals surface area contributed by atoms with Crippen LogP contribution in [0.25, 0.3) is 0 Å². The molecule has 8 heteroatoms. The predicted molar refractivity (Wildman–Crippen MR) is 154 cm³/mol. The van der Waals surface area contributed by atoms with Crippen LogP contribution in [-0.4, -0.2) is 51.8 Å². The molecule has 3 fully saturated rings. The highest BCUT2D eigenvalue weighted by molar-refractivity contribution is 5.69. The lowest BCUT2D eigenvalue weighted by Gasteiger charge is -2.57. The first-order valence-electron chi connectivity index (χ1n) is 15.5. The van der Waals surface area contributed by atoms with Gasteiger partial charge in [0.25, 0.3) is 0 Å². The smallest absolute Gasteiger partial charge is 0.469 e. The van der Waals surface area contributed by atoms with Crippen LogP contribution in [0.2, 0.25) is 0 Å². The lowest BCUT2D eigenvalue weighted by Crippen LogP contribution is -2.54. The minimum absolute atomic E-state index is 0.106. The van der Waals surface area contributed by atoms with E-state index in [4.69, 9.17) is 23.7 Å². The third-order valence-electron chi connectivity index (χ3n) is 11.5. The highest BCUT2D eigenvalue weighted by Crippen LogP contribution is 2.67. The number of esters is 1. The lowest BCUT2D eigenvalue weighted by molar-refractivity contribution is -0.142. The summed E-state index contributed by atoms with van der Waals surface area (Å²) in [6.45, 7) is 9.26. The van der Waals surface area contributed by atoms with Gasteiger partial charge in [0.15, 0.2) is 0 Å². The van der Waals surface area contributed by atoms with Gasteiger partial charge in [0, 0.05) is 24.7 Å². The van der Waals surface area contributed by atoms with Crippen LogP contribution in [-0.2, 0) is 28.5 Å². The minimum atomic E-state index is -0.730. The van der Waals surface area contributed by atoms with Gasteiger partial charge in [0.05, 0.1) is 21.3 Å². The summed E-state index contributed by atoms with van der Waals surface area (Å²) >= 11 is 0. The van der Waals surface area contributed by atoms with Gasteiger partial charge in [-0.1, -0.05) is 63.8 Å². The Balaban J connectivity index is 1.62. The van der Waals surface area contributed by atoms with Crippen LogP contribution in [0.15, 0.2) is 23.3 Å². The van der Waals surface area contributed by atoms with E-state index < -0.39 is 29.9 Å². The van der Waals surface area contributed by atoms with Gasteiger partial charge in [-0.3, -0.25) is 4.79 Å². The second-order valence-electron chi connectivity index (χ2n) is 13.2. The van der Waals surface area contributed by atoms with E-state index in [0.717, 1.165) is 50.5 Å². The van der Waals surface area contributed by atoms with Crippen molar-refractivity contribution in [3.63, 3.8) is 0 Å². The fourth-order valence-corrected chi connectivity index (χ4v) is 9.16. The summed E-state index contributed by atoms with van der Waals surface area (Å²) in [5.41, 5.74) is 2.34. The van der Waals surface area contributed by atoms with Gasteiger partial charge in [0.1, 0.15) is 12.2 Å². The van der Waals surface area contributed by atoms with Crippen molar-refractivity contribution in [2.45, 2.75) is 104 Å². The monoisotopic (exact) mass is 574 g/mol. The highest BCUT2D eigenvalue weighted by Gasteiger charge is 2.60.